The molecular weight excluding hydrogens is 202 g/mol. The first-order chi connectivity index (χ1) is 7.86. The van der Waals surface area contributed by atoms with Crippen LogP contribution < -0.4 is 5.32 Å². The second-order valence-corrected chi connectivity index (χ2v) is 3.58. The van der Waals surface area contributed by atoms with Gasteiger partial charge in [0.2, 0.25) is 6.41 Å². The van der Waals surface area contributed by atoms with E-state index in [1.807, 2.05) is 18.2 Å². The molecule has 84 valence electrons. The number of rotatable bonds is 5. The van der Waals surface area contributed by atoms with Crippen LogP contribution in [-0.2, 0) is 17.8 Å². The second-order valence-electron chi connectivity index (χ2n) is 3.58. The van der Waals surface area contributed by atoms with Crippen molar-refractivity contribution in [2.75, 3.05) is 6.54 Å². The number of imidazole rings is 1. The molecule has 0 saturated carbocycles. The summed E-state index contributed by atoms with van der Waals surface area (Å²) in [6.45, 7) is 3.63. The van der Waals surface area contributed by atoms with Crippen LogP contribution in [0.1, 0.15) is 12.7 Å². The van der Waals surface area contributed by atoms with Crippen LogP contribution in [0.5, 0.6) is 0 Å². The Kier molecular flexibility index (Phi) is 3.19. The van der Waals surface area contributed by atoms with Crippen LogP contribution in [-0.4, -0.2) is 22.5 Å². The van der Waals surface area contributed by atoms with E-state index in [0.29, 0.717) is 6.54 Å². The summed E-state index contributed by atoms with van der Waals surface area (Å²) in [5, 5.41) is 2.66. The highest BCUT2D eigenvalue weighted by Gasteiger charge is 2.07. The summed E-state index contributed by atoms with van der Waals surface area (Å²) in [6.07, 6.45) is 1.49. The van der Waals surface area contributed by atoms with Gasteiger partial charge in [-0.25, -0.2) is 4.98 Å². The molecule has 16 heavy (non-hydrogen) atoms. The molecule has 0 radical (unpaired) electrons. The number of benzene rings is 1. The maximum absolute atomic E-state index is 10.2. The topological polar surface area (TPSA) is 46.9 Å². The van der Waals surface area contributed by atoms with Gasteiger partial charge in [0.1, 0.15) is 5.82 Å². The van der Waals surface area contributed by atoms with E-state index in [9.17, 15) is 4.79 Å². The maximum Gasteiger partial charge on any atom is 0.207 e. The number of carbonyl (C=O) groups is 1. The van der Waals surface area contributed by atoms with Crippen molar-refractivity contribution < 1.29 is 4.79 Å². The van der Waals surface area contributed by atoms with Gasteiger partial charge < -0.3 is 9.88 Å². The molecule has 1 amide bonds. The summed E-state index contributed by atoms with van der Waals surface area (Å²) in [7, 11) is 0. The number of aryl methyl sites for hydroxylation is 1. The monoisotopic (exact) mass is 217 g/mol. The lowest BCUT2D eigenvalue weighted by Crippen LogP contribution is -2.16. The molecule has 2 rings (SSSR count). The Morgan fingerprint density at radius 3 is 3.00 bits per heavy atom. The Hall–Kier alpha value is -1.84. The summed E-state index contributed by atoms with van der Waals surface area (Å²) in [5.74, 6) is 1.03. The van der Waals surface area contributed by atoms with E-state index < -0.39 is 0 Å². The van der Waals surface area contributed by atoms with Crippen molar-refractivity contribution in [1.82, 2.24) is 14.9 Å². The van der Waals surface area contributed by atoms with Crippen molar-refractivity contribution in [3.8, 4) is 0 Å². The van der Waals surface area contributed by atoms with Crippen molar-refractivity contribution in [1.29, 1.82) is 0 Å². The number of fused-ring (bicyclic) bond motifs is 1. The summed E-state index contributed by atoms with van der Waals surface area (Å²) in [5.41, 5.74) is 2.18. The van der Waals surface area contributed by atoms with Crippen LogP contribution in [0.15, 0.2) is 24.3 Å². The van der Waals surface area contributed by atoms with Crippen LogP contribution in [0.3, 0.4) is 0 Å². The summed E-state index contributed by atoms with van der Waals surface area (Å²) in [4.78, 5) is 14.7. The van der Waals surface area contributed by atoms with E-state index in [-0.39, 0.29) is 0 Å². The summed E-state index contributed by atoms with van der Waals surface area (Å²) in [6, 6.07) is 8.09. The maximum atomic E-state index is 10.2. The van der Waals surface area contributed by atoms with E-state index in [1.165, 1.54) is 0 Å². The molecule has 1 heterocycles. The smallest absolute Gasteiger partial charge is 0.207 e. The lowest BCUT2D eigenvalue weighted by atomic mass is 10.3. The number of carbonyl (C=O) groups excluding carboxylic acids is 1. The largest absolute Gasteiger partial charge is 0.358 e. The Balaban J connectivity index is 2.32. The number of nitrogens with one attached hydrogen (secondary N) is 1. The fraction of sp³-hybridized carbons (Fsp3) is 0.333. The van der Waals surface area contributed by atoms with E-state index in [2.05, 4.69) is 27.9 Å². The highest BCUT2D eigenvalue weighted by Crippen LogP contribution is 2.15. The molecule has 0 bridgehead atoms. The SMILES string of the molecule is CCn1c(CCNC=O)nc2ccccc21. The molecule has 4 heteroatoms. The molecule has 0 fully saturated rings. The van der Waals surface area contributed by atoms with Crippen LogP contribution in [0.25, 0.3) is 11.0 Å². The highest BCUT2D eigenvalue weighted by molar-refractivity contribution is 5.75. The zero-order valence-corrected chi connectivity index (χ0v) is 9.31. The minimum absolute atomic E-state index is 0.632. The first kappa shape index (κ1) is 10.7. The fourth-order valence-corrected chi connectivity index (χ4v) is 1.91. The predicted molar refractivity (Wildman–Crippen MR) is 63.2 cm³/mol. The van der Waals surface area contributed by atoms with Gasteiger partial charge in [-0.1, -0.05) is 12.1 Å². The van der Waals surface area contributed by atoms with Gasteiger partial charge in [-0.15, -0.1) is 0 Å². The van der Waals surface area contributed by atoms with Gasteiger partial charge in [0, 0.05) is 19.5 Å². The van der Waals surface area contributed by atoms with E-state index >= 15 is 0 Å². The van der Waals surface area contributed by atoms with Crippen molar-refractivity contribution in [2.24, 2.45) is 0 Å². The Labute approximate surface area is 94.3 Å². The zero-order valence-electron chi connectivity index (χ0n) is 9.31. The van der Waals surface area contributed by atoms with Gasteiger partial charge in [0.05, 0.1) is 11.0 Å². The van der Waals surface area contributed by atoms with E-state index in [4.69, 9.17) is 0 Å². The third-order valence-electron chi connectivity index (χ3n) is 2.63. The molecule has 4 nitrogen and oxygen atoms in total. The van der Waals surface area contributed by atoms with Crippen molar-refractivity contribution in [3.05, 3.63) is 30.1 Å². The summed E-state index contributed by atoms with van der Waals surface area (Å²) < 4.78 is 2.18. The first-order valence-corrected chi connectivity index (χ1v) is 5.48. The number of amides is 1. The Morgan fingerprint density at radius 1 is 1.44 bits per heavy atom. The number of para-hydroxylation sites is 2. The van der Waals surface area contributed by atoms with Crippen molar-refractivity contribution in [2.45, 2.75) is 19.9 Å². The van der Waals surface area contributed by atoms with Gasteiger partial charge >= 0.3 is 0 Å². The van der Waals surface area contributed by atoms with Gasteiger partial charge in [-0.3, -0.25) is 4.79 Å². The molecule has 0 aliphatic carbocycles. The third kappa shape index (κ3) is 1.91. The fourth-order valence-electron chi connectivity index (χ4n) is 1.91. The van der Waals surface area contributed by atoms with E-state index in [0.717, 1.165) is 36.2 Å². The molecular formula is C12H15N3O. The van der Waals surface area contributed by atoms with Gasteiger partial charge in [0.25, 0.3) is 0 Å². The van der Waals surface area contributed by atoms with Gasteiger partial charge in [-0.05, 0) is 19.1 Å². The molecule has 0 unspecified atom stereocenters. The molecule has 1 N–H and O–H groups in total. The molecule has 1 aromatic heterocycles. The van der Waals surface area contributed by atoms with Gasteiger partial charge in [-0.2, -0.15) is 0 Å². The normalized spacial score (nSPS) is 10.6. The quantitative estimate of drug-likeness (QED) is 0.607. The van der Waals surface area contributed by atoms with E-state index in [1.54, 1.807) is 0 Å². The van der Waals surface area contributed by atoms with Crippen LogP contribution in [0.2, 0.25) is 0 Å². The Bertz CT molecular complexity index is 490. The van der Waals surface area contributed by atoms with Crippen LogP contribution in [0, 0.1) is 0 Å². The zero-order chi connectivity index (χ0) is 11.4. The molecule has 2 aromatic rings. The van der Waals surface area contributed by atoms with Crippen molar-refractivity contribution in [3.63, 3.8) is 0 Å². The number of hydrogen-bond acceptors (Lipinski definition) is 2. The molecule has 0 spiro atoms. The molecule has 1 aromatic carbocycles. The lowest BCUT2D eigenvalue weighted by molar-refractivity contribution is -0.109. The van der Waals surface area contributed by atoms with Crippen molar-refractivity contribution >= 4 is 17.4 Å². The average molecular weight is 217 g/mol. The van der Waals surface area contributed by atoms with Gasteiger partial charge in [0.15, 0.2) is 0 Å². The molecule has 0 saturated heterocycles. The average Bonchev–Trinajstić information content (AvgIpc) is 2.67. The standard InChI is InChI=1S/C12H15N3O/c1-2-15-11-6-4-3-5-10(11)14-12(15)7-8-13-9-16/h3-6,9H,2,7-8H2,1H3,(H,13,16). The minimum atomic E-state index is 0.632. The van der Waals surface area contributed by atoms with Crippen LogP contribution >= 0.6 is 0 Å². The number of aromatic nitrogens is 2. The number of nitrogens with zero attached hydrogens (tertiary/aromatic N) is 2. The molecule has 0 atom stereocenters. The van der Waals surface area contributed by atoms with Crippen LogP contribution in [0.4, 0.5) is 0 Å². The lowest BCUT2D eigenvalue weighted by Gasteiger charge is -2.05. The number of hydrogen-bond donors (Lipinski definition) is 1. The second kappa shape index (κ2) is 4.79. The molecule has 0 aliphatic rings. The third-order valence-corrected chi connectivity index (χ3v) is 2.63. The predicted octanol–water partition coefficient (Wildman–Crippen LogP) is 1.34. The minimum Gasteiger partial charge on any atom is -0.358 e. The Morgan fingerprint density at radius 2 is 2.25 bits per heavy atom. The highest BCUT2D eigenvalue weighted by atomic mass is 16.1. The molecule has 0 aliphatic heterocycles. The first-order valence-electron chi connectivity index (χ1n) is 5.48. The summed E-state index contributed by atoms with van der Waals surface area (Å²) >= 11 is 0.